The summed E-state index contributed by atoms with van der Waals surface area (Å²) >= 11 is 0. The van der Waals surface area contributed by atoms with E-state index in [1.165, 1.54) is 6.20 Å². The minimum atomic E-state index is -0.274. The summed E-state index contributed by atoms with van der Waals surface area (Å²) in [7, 11) is 0. The van der Waals surface area contributed by atoms with Gasteiger partial charge in [-0.15, -0.1) is 5.10 Å². The van der Waals surface area contributed by atoms with E-state index >= 15 is 0 Å². The molecule has 140 valence electrons. The maximum atomic E-state index is 12.1. The van der Waals surface area contributed by atoms with Crippen LogP contribution in [0.1, 0.15) is 40.5 Å². The van der Waals surface area contributed by atoms with Gasteiger partial charge in [-0.25, -0.2) is 4.79 Å². The number of hydrogen-bond acceptors (Lipinski definition) is 5. The molecule has 0 unspecified atom stereocenters. The molecule has 1 aromatic carbocycles. The highest BCUT2D eigenvalue weighted by Gasteiger charge is 2.39. The number of nitrogens with one attached hydrogen (secondary N) is 3. The predicted octanol–water partition coefficient (Wildman–Crippen LogP) is 1.51. The second-order valence-corrected chi connectivity index (χ2v) is 6.73. The predicted molar refractivity (Wildman–Crippen MR) is 96.5 cm³/mol. The van der Waals surface area contributed by atoms with Crippen LogP contribution in [0.3, 0.4) is 0 Å². The van der Waals surface area contributed by atoms with E-state index in [-0.39, 0.29) is 35.8 Å². The Morgan fingerprint density at radius 1 is 1.26 bits per heavy atom. The Morgan fingerprint density at radius 2 is 2.19 bits per heavy atom. The number of urea groups is 1. The molecule has 3 N–H and O–H groups in total. The smallest absolute Gasteiger partial charge is 0.317 e. The SMILES string of the molecule is O=C1N[C@H]2OCCC[C@H]2[C@H](c2cccc(CNC(=O)c3cccnn3)c2)N1. The van der Waals surface area contributed by atoms with Crippen LogP contribution in [0, 0.1) is 5.92 Å². The molecular weight excluding hydrogens is 346 g/mol. The lowest BCUT2D eigenvalue weighted by Crippen LogP contribution is -2.58. The normalized spacial score (nSPS) is 24.3. The molecule has 3 heterocycles. The maximum Gasteiger partial charge on any atom is 0.317 e. The fourth-order valence-corrected chi connectivity index (χ4v) is 3.64. The minimum Gasteiger partial charge on any atom is -0.358 e. The Morgan fingerprint density at radius 3 is 3.04 bits per heavy atom. The summed E-state index contributed by atoms with van der Waals surface area (Å²) in [6.07, 6.45) is 3.23. The third kappa shape index (κ3) is 3.90. The van der Waals surface area contributed by atoms with Gasteiger partial charge in [0.1, 0.15) is 6.23 Å². The molecule has 0 saturated carbocycles. The van der Waals surface area contributed by atoms with Crippen LogP contribution in [0.5, 0.6) is 0 Å². The van der Waals surface area contributed by atoms with Crippen LogP contribution in [0.4, 0.5) is 4.79 Å². The first-order valence-electron chi connectivity index (χ1n) is 9.04. The van der Waals surface area contributed by atoms with Crippen molar-refractivity contribution in [3.8, 4) is 0 Å². The van der Waals surface area contributed by atoms with E-state index in [1.54, 1.807) is 12.1 Å². The molecule has 8 nitrogen and oxygen atoms in total. The van der Waals surface area contributed by atoms with Crippen molar-refractivity contribution in [3.63, 3.8) is 0 Å². The van der Waals surface area contributed by atoms with Crippen molar-refractivity contribution in [3.05, 3.63) is 59.4 Å². The zero-order valence-corrected chi connectivity index (χ0v) is 14.7. The number of benzene rings is 1. The second-order valence-electron chi connectivity index (χ2n) is 6.73. The van der Waals surface area contributed by atoms with E-state index in [4.69, 9.17) is 4.74 Å². The molecule has 27 heavy (non-hydrogen) atoms. The van der Waals surface area contributed by atoms with Gasteiger partial charge < -0.3 is 20.7 Å². The average Bonchev–Trinajstić information content (AvgIpc) is 2.72. The highest BCUT2D eigenvalue weighted by atomic mass is 16.5. The number of carbonyl (C=O) groups excluding carboxylic acids is 2. The van der Waals surface area contributed by atoms with Crippen LogP contribution < -0.4 is 16.0 Å². The number of aromatic nitrogens is 2. The molecule has 4 rings (SSSR count). The van der Waals surface area contributed by atoms with Gasteiger partial charge in [0.25, 0.3) is 5.91 Å². The molecule has 3 amide bonds. The number of carbonyl (C=O) groups is 2. The Kier molecular flexibility index (Phi) is 4.97. The van der Waals surface area contributed by atoms with E-state index in [1.807, 2.05) is 24.3 Å². The zero-order chi connectivity index (χ0) is 18.6. The maximum absolute atomic E-state index is 12.1. The van der Waals surface area contributed by atoms with Gasteiger partial charge in [-0.3, -0.25) is 4.79 Å². The first kappa shape index (κ1) is 17.4. The van der Waals surface area contributed by atoms with Crippen molar-refractivity contribution >= 4 is 11.9 Å². The van der Waals surface area contributed by atoms with Crippen molar-refractivity contribution in [1.82, 2.24) is 26.1 Å². The highest BCUT2D eigenvalue weighted by Crippen LogP contribution is 2.34. The standard InChI is InChI=1S/C19H21N5O3/c25-17(15-7-2-8-21-24-15)20-11-12-4-1-5-13(10-12)16-14-6-3-9-27-18(14)23-19(26)22-16/h1-2,4-5,7-8,10,14,16,18H,3,6,9,11H2,(H,20,25)(H2,22,23,26)/t14-,16-,18-/m0/s1. The summed E-state index contributed by atoms with van der Waals surface area (Å²) in [5.41, 5.74) is 2.24. The summed E-state index contributed by atoms with van der Waals surface area (Å²) in [4.78, 5) is 24.1. The van der Waals surface area contributed by atoms with Crippen LogP contribution in [0.15, 0.2) is 42.6 Å². The van der Waals surface area contributed by atoms with Crippen LogP contribution in [-0.4, -0.2) is 35.0 Å². The number of fused-ring (bicyclic) bond motifs is 1. The lowest BCUT2D eigenvalue weighted by atomic mass is 9.85. The van der Waals surface area contributed by atoms with Crippen molar-refractivity contribution in [1.29, 1.82) is 0 Å². The van der Waals surface area contributed by atoms with Gasteiger partial charge in [0.05, 0.1) is 6.04 Å². The largest absolute Gasteiger partial charge is 0.358 e. The molecular formula is C19H21N5O3. The third-order valence-corrected chi connectivity index (χ3v) is 4.92. The number of nitrogens with zero attached hydrogens (tertiary/aromatic N) is 2. The number of ether oxygens (including phenoxy) is 1. The Hall–Kier alpha value is -3.00. The molecule has 0 aliphatic carbocycles. The minimum absolute atomic E-state index is 0.111. The van der Waals surface area contributed by atoms with E-state index in [0.717, 1.165) is 24.0 Å². The third-order valence-electron chi connectivity index (χ3n) is 4.92. The second kappa shape index (κ2) is 7.71. The van der Waals surface area contributed by atoms with E-state index in [0.29, 0.717) is 13.2 Å². The summed E-state index contributed by atoms with van der Waals surface area (Å²) in [6.45, 7) is 1.04. The number of rotatable bonds is 4. The van der Waals surface area contributed by atoms with E-state index < -0.39 is 0 Å². The summed E-state index contributed by atoms with van der Waals surface area (Å²) in [6, 6.07) is 10.8. The van der Waals surface area contributed by atoms with Crippen LogP contribution in [0.25, 0.3) is 0 Å². The van der Waals surface area contributed by atoms with Gasteiger partial charge in [0.2, 0.25) is 0 Å². The van der Waals surface area contributed by atoms with E-state index in [2.05, 4.69) is 26.1 Å². The molecule has 2 aliphatic heterocycles. The molecule has 0 bridgehead atoms. The molecule has 2 aliphatic rings. The molecule has 3 atom stereocenters. The Balaban J connectivity index is 1.47. The number of hydrogen-bond donors (Lipinski definition) is 3. The van der Waals surface area contributed by atoms with Gasteiger partial charge >= 0.3 is 6.03 Å². The zero-order valence-electron chi connectivity index (χ0n) is 14.7. The van der Waals surface area contributed by atoms with Gasteiger partial charge in [0.15, 0.2) is 5.69 Å². The lowest BCUT2D eigenvalue weighted by molar-refractivity contribution is -0.0602. The fourth-order valence-electron chi connectivity index (χ4n) is 3.64. The van der Waals surface area contributed by atoms with Crippen LogP contribution >= 0.6 is 0 Å². The van der Waals surface area contributed by atoms with Crippen molar-refractivity contribution in [2.45, 2.75) is 31.7 Å². The number of amides is 3. The first-order valence-corrected chi connectivity index (χ1v) is 9.04. The monoisotopic (exact) mass is 367 g/mol. The molecule has 1 aromatic heterocycles. The highest BCUT2D eigenvalue weighted by molar-refractivity contribution is 5.91. The molecule has 2 fully saturated rings. The van der Waals surface area contributed by atoms with Crippen LogP contribution in [0.2, 0.25) is 0 Å². The summed E-state index contributed by atoms with van der Waals surface area (Å²) in [5, 5.41) is 16.2. The van der Waals surface area contributed by atoms with Gasteiger partial charge in [-0.05, 0) is 36.1 Å². The van der Waals surface area contributed by atoms with Crippen LogP contribution in [-0.2, 0) is 11.3 Å². The van der Waals surface area contributed by atoms with Gasteiger partial charge in [0, 0.05) is 25.3 Å². The van der Waals surface area contributed by atoms with Gasteiger partial charge in [-0.2, -0.15) is 5.10 Å². The molecule has 0 spiro atoms. The van der Waals surface area contributed by atoms with Gasteiger partial charge in [-0.1, -0.05) is 24.3 Å². The van der Waals surface area contributed by atoms with Crippen molar-refractivity contribution in [2.24, 2.45) is 5.92 Å². The quantitative estimate of drug-likeness (QED) is 0.760. The van der Waals surface area contributed by atoms with E-state index in [9.17, 15) is 9.59 Å². The average molecular weight is 367 g/mol. The fraction of sp³-hybridized carbons (Fsp3) is 0.368. The molecule has 8 heteroatoms. The summed E-state index contributed by atoms with van der Waals surface area (Å²) in [5.74, 6) is -0.0923. The lowest BCUT2D eigenvalue weighted by Gasteiger charge is -2.42. The first-order chi connectivity index (χ1) is 13.2. The van der Waals surface area contributed by atoms with Crippen molar-refractivity contribution < 1.29 is 14.3 Å². The molecule has 0 radical (unpaired) electrons. The summed E-state index contributed by atoms with van der Waals surface area (Å²) < 4.78 is 5.72. The Labute approximate surface area is 156 Å². The van der Waals surface area contributed by atoms with Crippen molar-refractivity contribution in [2.75, 3.05) is 6.61 Å². The topological polar surface area (TPSA) is 105 Å². The Bertz CT molecular complexity index is 829. The molecule has 2 aromatic rings. The molecule has 2 saturated heterocycles.